The van der Waals surface area contributed by atoms with E-state index in [9.17, 15) is 0 Å². The van der Waals surface area contributed by atoms with Crippen molar-refractivity contribution in [2.24, 2.45) is 15.7 Å². The van der Waals surface area contributed by atoms with Crippen LogP contribution in [0.15, 0.2) is 52.8 Å². The number of guanidine groups is 1. The molecule has 25 heavy (non-hydrogen) atoms. The zero-order valence-electron chi connectivity index (χ0n) is 13.5. The summed E-state index contributed by atoms with van der Waals surface area (Å²) in [4.78, 5) is 17.8. The van der Waals surface area contributed by atoms with Gasteiger partial charge in [0.2, 0.25) is 5.79 Å². The highest BCUT2D eigenvalue weighted by atomic mass is 35.5. The van der Waals surface area contributed by atoms with Gasteiger partial charge in [-0.1, -0.05) is 17.7 Å². The van der Waals surface area contributed by atoms with Crippen LogP contribution >= 0.6 is 11.6 Å². The summed E-state index contributed by atoms with van der Waals surface area (Å²) in [5.41, 5.74) is 7.90. The Labute approximate surface area is 150 Å². The number of halogens is 1. The van der Waals surface area contributed by atoms with Crippen molar-refractivity contribution >= 4 is 23.4 Å². The molecule has 2 aromatic heterocycles. The summed E-state index contributed by atoms with van der Waals surface area (Å²) < 4.78 is 0. The van der Waals surface area contributed by atoms with Gasteiger partial charge in [-0.25, -0.2) is 9.98 Å². The van der Waals surface area contributed by atoms with Crippen molar-refractivity contribution < 1.29 is 0 Å². The maximum absolute atomic E-state index is 6.56. The first-order valence-corrected chi connectivity index (χ1v) is 8.54. The summed E-state index contributed by atoms with van der Waals surface area (Å²) >= 11 is 6.08. The van der Waals surface area contributed by atoms with Crippen molar-refractivity contribution in [3.8, 4) is 0 Å². The predicted octanol–water partition coefficient (Wildman–Crippen LogP) is 1.75. The molecule has 0 spiro atoms. The molecule has 3 heterocycles. The Bertz CT molecular complexity index is 832. The van der Waals surface area contributed by atoms with E-state index in [1.54, 1.807) is 24.7 Å². The number of rotatable bonds is 3. The van der Waals surface area contributed by atoms with E-state index in [0.717, 1.165) is 12.8 Å². The number of nitrogens with one attached hydrogen (secondary N) is 2. The lowest BCUT2D eigenvalue weighted by Gasteiger charge is -2.35. The minimum absolute atomic E-state index is 0.305. The lowest BCUT2D eigenvalue weighted by molar-refractivity contribution is 0.394. The van der Waals surface area contributed by atoms with Crippen molar-refractivity contribution in [2.75, 3.05) is 0 Å². The number of hydrogen-bond acceptors (Lipinski definition) is 5. The van der Waals surface area contributed by atoms with E-state index in [0.29, 0.717) is 34.1 Å². The Balaban J connectivity index is 1.76. The van der Waals surface area contributed by atoms with Gasteiger partial charge in [-0.2, -0.15) is 0 Å². The van der Waals surface area contributed by atoms with Gasteiger partial charge in [0.25, 0.3) is 0 Å². The largest absolute Gasteiger partial charge is 0.316 e. The summed E-state index contributed by atoms with van der Waals surface area (Å²) in [6, 6.07) is 7.67. The van der Waals surface area contributed by atoms with Crippen LogP contribution in [0.1, 0.15) is 30.5 Å². The van der Waals surface area contributed by atoms with Gasteiger partial charge in [-0.05, 0) is 37.5 Å². The number of hydrogen-bond donors (Lipinski definition) is 3. The molecule has 1 saturated carbocycles. The van der Waals surface area contributed by atoms with Gasteiger partial charge in [-0.15, -0.1) is 0 Å². The maximum Gasteiger partial charge on any atom is 0.215 e. The molecule has 4 rings (SSSR count). The van der Waals surface area contributed by atoms with E-state index in [2.05, 4.69) is 25.6 Å². The molecule has 0 bridgehead atoms. The first-order valence-electron chi connectivity index (χ1n) is 8.16. The van der Waals surface area contributed by atoms with E-state index < -0.39 is 5.79 Å². The average Bonchev–Trinajstić information content (AvgIpc) is 2.59. The van der Waals surface area contributed by atoms with Crippen LogP contribution in [0.25, 0.3) is 0 Å². The molecule has 128 valence electrons. The highest BCUT2D eigenvalue weighted by molar-refractivity contribution is 6.30. The molecule has 1 aliphatic carbocycles. The van der Waals surface area contributed by atoms with Crippen molar-refractivity contribution in [1.29, 1.82) is 0 Å². The Morgan fingerprint density at radius 2 is 2.16 bits per heavy atom. The van der Waals surface area contributed by atoms with Crippen molar-refractivity contribution in [3.63, 3.8) is 0 Å². The van der Waals surface area contributed by atoms with E-state index >= 15 is 0 Å². The summed E-state index contributed by atoms with van der Waals surface area (Å²) in [5, 5.41) is 6.87. The number of amidine groups is 1. The van der Waals surface area contributed by atoms with E-state index in [1.165, 1.54) is 6.42 Å². The van der Waals surface area contributed by atoms with Crippen molar-refractivity contribution in [2.45, 2.75) is 31.1 Å². The molecule has 1 unspecified atom stereocenters. The van der Waals surface area contributed by atoms with Gasteiger partial charge in [0.15, 0.2) is 11.8 Å². The van der Waals surface area contributed by atoms with E-state index in [1.807, 2.05) is 18.2 Å². The molecule has 2 aromatic rings. The molecule has 8 heteroatoms. The third-order valence-corrected chi connectivity index (χ3v) is 4.48. The SMILES string of the molecule is NC1(c2cncc(Cl)c2)N=C(c2ccccn2)NC(=NC2CCC2)N1. The first-order chi connectivity index (χ1) is 12.1. The molecular weight excluding hydrogens is 338 g/mol. The summed E-state index contributed by atoms with van der Waals surface area (Å²) in [7, 11) is 0. The van der Waals surface area contributed by atoms with Crippen molar-refractivity contribution in [3.05, 3.63) is 59.1 Å². The number of aromatic nitrogens is 2. The minimum Gasteiger partial charge on any atom is -0.316 e. The van der Waals surface area contributed by atoms with Crippen LogP contribution in [0.5, 0.6) is 0 Å². The van der Waals surface area contributed by atoms with Crippen LogP contribution in [0, 0.1) is 0 Å². The Kier molecular flexibility index (Phi) is 4.10. The van der Waals surface area contributed by atoms with Crippen LogP contribution in [0.4, 0.5) is 0 Å². The lowest BCUT2D eigenvalue weighted by atomic mass is 9.94. The van der Waals surface area contributed by atoms with Crippen LogP contribution in [0.3, 0.4) is 0 Å². The Hall–Kier alpha value is -2.51. The zero-order chi connectivity index (χ0) is 17.3. The Morgan fingerprint density at radius 3 is 2.84 bits per heavy atom. The quantitative estimate of drug-likeness (QED) is 0.778. The summed E-state index contributed by atoms with van der Waals surface area (Å²) in [5.74, 6) is -0.0822. The van der Waals surface area contributed by atoms with Crippen LogP contribution < -0.4 is 16.4 Å². The van der Waals surface area contributed by atoms with E-state index in [-0.39, 0.29) is 0 Å². The van der Waals surface area contributed by atoms with Gasteiger partial charge < -0.3 is 10.6 Å². The number of pyridine rings is 2. The third-order valence-electron chi connectivity index (χ3n) is 4.27. The second-order valence-corrected chi connectivity index (χ2v) is 6.58. The molecule has 1 aliphatic heterocycles. The number of nitrogens with zero attached hydrogens (tertiary/aromatic N) is 4. The highest BCUT2D eigenvalue weighted by Crippen LogP contribution is 2.25. The molecule has 0 amide bonds. The molecule has 1 atom stereocenters. The Morgan fingerprint density at radius 1 is 1.28 bits per heavy atom. The highest BCUT2D eigenvalue weighted by Gasteiger charge is 2.34. The zero-order valence-corrected chi connectivity index (χ0v) is 14.2. The predicted molar refractivity (Wildman–Crippen MR) is 97.2 cm³/mol. The lowest BCUT2D eigenvalue weighted by Crippen LogP contribution is -2.61. The van der Waals surface area contributed by atoms with Crippen LogP contribution in [0.2, 0.25) is 5.02 Å². The minimum atomic E-state index is -1.22. The van der Waals surface area contributed by atoms with Gasteiger partial charge in [0, 0.05) is 24.2 Å². The van der Waals surface area contributed by atoms with E-state index in [4.69, 9.17) is 22.3 Å². The molecule has 7 nitrogen and oxygen atoms in total. The van der Waals surface area contributed by atoms with Crippen LogP contribution in [-0.2, 0) is 5.79 Å². The molecule has 0 saturated heterocycles. The molecule has 2 aliphatic rings. The molecule has 0 radical (unpaired) electrons. The third kappa shape index (κ3) is 3.33. The normalized spacial score (nSPS) is 24.9. The second kappa shape index (κ2) is 6.42. The fourth-order valence-corrected chi connectivity index (χ4v) is 2.87. The van der Waals surface area contributed by atoms with Gasteiger partial charge in [0.05, 0.1) is 11.1 Å². The van der Waals surface area contributed by atoms with Crippen LogP contribution in [-0.4, -0.2) is 27.8 Å². The van der Waals surface area contributed by atoms with Gasteiger partial charge >= 0.3 is 0 Å². The number of aliphatic imine (C=N–C) groups is 2. The molecular formula is C17H18ClN7. The van der Waals surface area contributed by atoms with Crippen molar-refractivity contribution in [1.82, 2.24) is 20.6 Å². The first kappa shape index (κ1) is 16.0. The second-order valence-electron chi connectivity index (χ2n) is 6.15. The summed E-state index contributed by atoms with van der Waals surface area (Å²) in [6.45, 7) is 0. The smallest absolute Gasteiger partial charge is 0.215 e. The maximum atomic E-state index is 6.56. The monoisotopic (exact) mass is 355 g/mol. The standard InChI is InChI=1S/C17H18ClN7/c18-12-8-11(9-20-10-12)17(19)24-15(14-6-1-2-7-21-14)23-16(25-17)22-13-4-3-5-13/h1-2,6-10,13H,3-5,19H2,(H2,22,23,24,25). The average molecular weight is 356 g/mol. The molecule has 4 N–H and O–H groups in total. The van der Waals surface area contributed by atoms with Gasteiger partial charge in [-0.3, -0.25) is 15.7 Å². The topological polar surface area (TPSA) is 101 Å². The fraction of sp³-hybridized carbons (Fsp3) is 0.294. The fourth-order valence-electron chi connectivity index (χ4n) is 2.70. The molecule has 0 aromatic carbocycles. The van der Waals surface area contributed by atoms with Gasteiger partial charge in [0.1, 0.15) is 5.69 Å². The summed E-state index contributed by atoms with van der Waals surface area (Å²) in [6.07, 6.45) is 8.28. The molecule has 1 fully saturated rings. The number of nitrogens with two attached hydrogens (primary N) is 1.